The number of allylic oxidation sites excluding steroid dienone is 1. The van der Waals surface area contributed by atoms with Crippen LogP contribution in [0.5, 0.6) is 0 Å². The highest BCUT2D eigenvalue weighted by Gasteiger charge is 2.35. The molecule has 2 aliphatic rings. The van der Waals surface area contributed by atoms with Crippen LogP contribution in [0.1, 0.15) is 38.5 Å². The Labute approximate surface area is 68.1 Å². The van der Waals surface area contributed by atoms with Crippen molar-refractivity contribution in [3.8, 4) is 0 Å². The molecular formula is C10H16O. The zero-order valence-corrected chi connectivity index (χ0v) is 6.92. The van der Waals surface area contributed by atoms with Crippen molar-refractivity contribution in [2.75, 3.05) is 0 Å². The summed E-state index contributed by atoms with van der Waals surface area (Å²) in [5.74, 6) is 0. The van der Waals surface area contributed by atoms with E-state index in [4.69, 9.17) is 0 Å². The molecule has 0 bridgehead atoms. The van der Waals surface area contributed by atoms with Gasteiger partial charge in [0.25, 0.3) is 0 Å². The van der Waals surface area contributed by atoms with Crippen molar-refractivity contribution in [3.63, 3.8) is 0 Å². The van der Waals surface area contributed by atoms with Crippen molar-refractivity contribution in [2.45, 2.75) is 44.6 Å². The lowest BCUT2D eigenvalue weighted by Gasteiger charge is -2.32. The largest absolute Gasteiger partial charge is 0.389 e. The summed E-state index contributed by atoms with van der Waals surface area (Å²) in [4.78, 5) is 0. The lowest BCUT2D eigenvalue weighted by atomic mass is 9.75. The molecule has 0 aromatic carbocycles. The molecule has 2 aliphatic carbocycles. The predicted octanol–water partition coefficient (Wildman–Crippen LogP) is 2.26. The number of aliphatic hydroxyl groups excluding tert-OH is 1. The third-order valence-electron chi connectivity index (χ3n) is 3.22. The second-order valence-electron chi connectivity index (χ2n) is 4.11. The zero-order valence-electron chi connectivity index (χ0n) is 6.92. The average molecular weight is 152 g/mol. The summed E-state index contributed by atoms with van der Waals surface area (Å²) in [7, 11) is 0. The summed E-state index contributed by atoms with van der Waals surface area (Å²) in [6.45, 7) is 0. The molecule has 1 fully saturated rings. The Hall–Kier alpha value is -0.300. The lowest BCUT2D eigenvalue weighted by molar-refractivity contribution is 0.123. The van der Waals surface area contributed by atoms with E-state index in [1.165, 1.54) is 32.1 Å². The summed E-state index contributed by atoms with van der Waals surface area (Å²) in [5, 5.41) is 9.45. The standard InChI is InChI=1S/C10H16O/c11-9-4-3-7-10(8-9)5-1-2-6-10/h3-4,9,11H,1-2,5-8H2. The SMILES string of the molecule is OC1C=CCC2(CCCC2)C1. The normalized spacial score (nSPS) is 34.8. The maximum absolute atomic E-state index is 9.45. The van der Waals surface area contributed by atoms with Crippen LogP contribution in [0.2, 0.25) is 0 Å². The number of aliphatic hydroxyl groups is 1. The fourth-order valence-corrected chi connectivity index (χ4v) is 2.60. The van der Waals surface area contributed by atoms with E-state index in [0.717, 1.165) is 6.42 Å². The van der Waals surface area contributed by atoms with Crippen LogP contribution in [-0.2, 0) is 0 Å². The molecule has 0 aromatic heterocycles. The first-order chi connectivity index (χ1) is 5.31. The fourth-order valence-electron chi connectivity index (χ4n) is 2.60. The quantitative estimate of drug-likeness (QED) is 0.528. The molecule has 62 valence electrons. The minimum absolute atomic E-state index is 0.151. The Bertz CT molecular complexity index is 166. The molecule has 1 N–H and O–H groups in total. The van der Waals surface area contributed by atoms with Gasteiger partial charge in [-0.25, -0.2) is 0 Å². The summed E-state index contributed by atoms with van der Waals surface area (Å²) in [6, 6.07) is 0. The molecule has 0 aliphatic heterocycles. The van der Waals surface area contributed by atoms with Gasteiger partial charge in [0, 0.05) is 0 Å². The topological polar surface area (TPSA) is 20.2 Å². The highest BCUT2D eigenvalue weighted by Crippen LogP contribution is 2.46. The maximum atomic E-state index is 9.45. The van der Waals surface area contributed by atoms with Gasteiger partial charge in [0.2, 0.25) is 0 Å². The van der Waals surface area contributed by atoms with Crippen molar-refractivity contribution in [2.24, 2.45) is 5.41 Å². The van der Waals surface area contributed by atoms with Crippen molar-refractivity contribution < 1.29 is 5.11 Å². The average Bonchev–Trinajstić information content (AvgIpc) is 2.37. The Kier molecular flexibility index (Phi) is 1.76. The van der Waals surface area contributed by atoms with Gasteiger partial charge in [-0.3, -0.25) is 0 Å². The predicted molar refractivity (Wildman–Crippen MR) is 45.3 cm³/mol. The van der Waals surface area contributed by atoms with Crippen LogP contribution in [0.25, 0.3) is 0 Å². The first kappa shape index (κ1) is 7.35. The Morgan fingerprint density at radius 2 is 2.00 bits per heavy atom. The molecule has 1 atom stereocenters. The smallest absolute Gasteiger partial charge is 0.0726 e. The molecule has 1 nitrogen and oxygen atoms in total. The molecule has 11 heavy (non-hydrogen) atoms. The van der Waals surface area contributed by atoms with E-state index in [9.17, 15) is 5.11 Å². The second kappa shape index (κ2) is 2.63. The highest BCUT2D eigenvalue weighted by molar-refractivity contribution is 5.04. The monoisotopic (exact) mass is 152 g/mol. The Morgan fingerprint density at radius 1 is 1.27 bits per heavy atom. The van der Waals surface area contributed by atoms with E-state index < -0.39 is 0 Å². The van der Waals surface area contributed by atoms with Gasteiger partial charge in [-0.15, -0.1) is 0 Å². The molecule has 0 amide bonds. The van der Waals surface area contributed by atoms with Crippen molar-refractivity contribution in [1.29, 1.82) is 0 Å². The minimum atomic E-state index is -0.151. The molecule has 1 unspecified atom stereocenters. The Balaban J connectivity index is 2.09. The van der Waals surface area contributed by atoms with Crippen molar-refractivity contribution in [3.05, 3.63) is 12.2 Å². The first-order valence-electron chi connectivity index (χ1n) is 4.66. The van der Waals surface area contributed by atoms with Gasteiger partial charge in [0.05, 0.1) is 6.10 Å². The van der Waals surface area contributed by atoms with Crippen molar-refractivity contribution >= 4 is 0 Å². The van der Waals surface area contributed by atoms with E-state index >= 15 is 0 Å². The van der Waals surface area contributed by atoms with Gasteiger partial charge < -0.3 is 5.11 Å². The second-order valence-corrected chi connectivity index (χ2v) is 4.11. The van der Waals surface area contributed by atoms with Gasteiger partial charge in [0.15, 0.2) is 0 Å². The molecular weight excluding hydrogens is 136 g/mol. The van der Waals surface area contributed by atoms with Gasteiger partial charge in [-0.05, 0) is 31.1 Å². The first-order valence-corrected chi connectivity index (χ1v) is 4.66. The lowest BCUT2D eigenvalue weighted by Crippen LogP contribution is -2.25. The molecule has 0 saturated heterocycles. The molecule has 1 spiro atoms. The van der Waals surface area contributed by atoms with Gasteiger partial charge in [-0.2, -0.15) is 0 Å². The van der Waals surface area contributed by atoms with Crippen LogP contribution in [0.15, 0.2) is 12.2 Å². The highest BCUT2D eigenvalue weighted by atomic mass is 16.3. The van der Waals surface area contributed by atoms with E-state index in [0.29, 0.717) is 5.41 Å². The van der Waals surface area contributed by atoms with Crippen LogP contribution < -0.4 is 0 Å². The van der Waals surface area contributed by atoms with Gasteiger partial charge in [0.1, 0.15) is 0 Å². The van der Waals surface area contributed by atoms with Gasteiger partial charge in [-0.1, -0.05) is 25.0 Å². The van der Waals surface area contributed by atoms with Crippen LogP contribution in [0, 0.1) is 5.41 Å². The summed E-state index contributed by atoms with van der Waals surface area (Å²) in [6.07, 6.45) is 11.6. The van der Waals surface area contributed by atoms with Crippen LogP contribution in [0.3, 0.4) is 0 Å². The third kappa shape index (κ3) is 1.34. The molecule has 0 radical (unpaired) electrons. The number of hydrogen-bond acceptors (Lipinski definition) is 1. The number of hydrogen-bond donors (Lipinski definition) is 1. The third-order valence-corrected chi connectivity index (χ3v) is 3.22. The summed E-state index contributed by atoms with van der Waals surface area (Å²) in [5.41, 5.74) is 0.508. The number of rotatable bonds is 0. The van der Waals surface area contributed by atoms with E-state index in [1.807, 2.05) is 6.08 Å². The molecule has 1 heteroatoms. The van der Waals surface area contributed by atoms with E-state index in [1.54, 1.807) is 0 Å². The van der Waals surface area contributed by atoms with Crippen LogP contribution >= 0.6 is 0 Å². The zero-order chi connectivity index (χ0) is 7.73. The molecule has 0 heterocycles. The molecule has 1 saturated carbocycles. The van der Waals surface area contributed by atoms with E-state index in [-0.39, 0.29) is 6.10 Å². The van der Waals surface area contributed by atoms with Crippen LogP contribution in [-0.4, -0.2) is 11.2 Å². The van der Waals surface area contributed by atoms with Crippen LogP contribution in [0.4, 0.5) is 0 Å². The van der Waals surface area contributed by atoms with Gasteiger partial charge >= 0.3 is 0 Å². The Morgan fingerprint density at radius 3 is 2.64 bits per heavy atom. The maximum Gasteiger partial charge on any atom is 0.0726 e. The molecule has 0 aromatic rings. The fraction of sp³-hybridized carbons (Fsp3) is 0.800. The summed E-state index contributed by atoms with van der Waals surface area (Å²) >= 11 is 0. The minimum Gasteiger partial charge on any atom is -0.389 e. The van der Waals surface area contributed by atoms with Crippen molar-refractivity contribution in [1.82, 2.24) is 0 Å². The molecule has 2 rings (SSSR count). The summed E-state index contributed by atoms with van der Waals surface area (Å²) < 4.78 is 0. The van der Waals surface area contributed by atoms with E-state index in [2.05, 4.69) is 6.08 Å².